The molecule has 0 aliphatic carbocycles. The molecule has 1 aliphatic rings. The van der Waals surface area contributed by atoms with Gasteiger partial charge in [0.1, 0.15) is 6.61 Å². The average Bonchev–Trinajstić information content (AvgIpc) is 2.84. The second-order valence-corrected chi connectivity index (χ2v) is 9.45. The van der Waals surface area contributed by atoms with Crippen LogP contribution in [0.15, 0.2) is 41.5 Å². The first kappa shape index (κ1) is 27.0. The Labute approximate surface area is 212 Å². The van der Waals surface area contributed by atoms with Gasteiger partial charge in [-0.1, -0.05) is 50.6 Å². The largest absolute Gasteiger partial charge is 0.476 e. The maximum absolute atomic E-state index is 6.18. The van der Waals surface area contributed by atoms with Crippen molar-refractivity contribution in [3.05, 3.63) is 47.5 Å². The van der Waals surface area contributed by atoms with Crippen molar-refractivity contribution < 1.29 is 4.74 Å². The fourth-order valence-electron chi connectivity index (χ4n) is 4.66. The Balaban J connectivity index is 1.68. The molecule has 0 spiro atoms. The van der Waals surface area contributed by atoms with Crippen molar-refractivity contribution in [2.45, 2.75) is 53.5 Å². The van der Waals surface area contributed by atoms with E-state index in [1.807, 2.05) is 18.3 Å². The van der Waals surface area contributed by atoms with Gasteiger partial charge in [-0.25, -0.2) is 0 Å². The number of pyridine rings is 1. The molecule has 2 aromatic rings. The molecule has 1 unspecified atom stereocenters. The zero-order chi connectivity index (χ0) is 25.0. The minimum absolute atomic E-state index is 0.592. The SMILES string of the molecule is CCCN(CCC)c1cc(N/N=C/c2cccc(C)c2)nc(OCCN2CCN(CC)C(C)C2)c1. The molecule has 1 atom stereocenters. The minimum atomic E-state index is 0.592. The van der Waals surface area contributed by atoms with E-state index in [4.69, 9.17) is 9.72 Å². The predicted octanol–water partition coefficient (Wildman–Crippen LogP) is 4.87. The fraction of sp³-hybridized carbons (Fsp3) is 0.571. The summed E-state index contributed by atoms with van der Waals surface area (Å²) in [5.41, 5.74) is 6.52. The lowest BCUT2D eigenvalue weighted by molar-refractivity contribution is 0.0776. The lowest BCUT2D eigenvalue weighted by Crippen LogP contribution is -2.52. The highest BCUT2D eigenvalue weighted by Crippen LogP contribution is 2.25. The van der Waals surface area contributed by atoms with E-state index in [0.29, 0.717) is 24.3 Å². The number of hydrazone groups is 1. The van der Waals surface area contributed by atoms with Crippen molar-refractivity contribution in [1.29, 1.82) is 0 Å². The summed E-state index contributed by atoms with van der Waals surface area (Å²) in [6.45, 7) is 19.0. The van der Waals surface area contributed by atoms with E-state index in [1.54, 1.807) is 0 Å². The Hall–Kier alpha value is -2.64. The number of piperazine rings is 1. The van der Waals surface area contributed by atoms with Crippen molar-refractivity contribution in [3.63, 3.8) is 0 Å². The van der Waals surface area contributed by atoms with Crippen molar-refractivity contribution in [3.8, 4) is 5.88 Å². The van der Waals surface area contributed by atoms with E-state index in [-0.39, 0.29) is 0 Å². The van der Waals surface area contributed by atoms with Crippen LogP contribution in [0.1, 0.15) is 51.7 Å². The molecule has 1 N–H and O–H groups in total. The normalized spacial score (nSPS) is 17.1. The summed E-state index contributed by atoms with van der Waals surface area (Å²) in [4.78, 5) is 12.1. The highest BCUT2D eigenvalue weighted by molar-refractivity contribution is 5.80. The molecule has 7 heteroatoms. The molecule has 0 radical (unpaired) electrons. The third kappa shape index (κ3) is 8.51. The first-order chi connectivity index (χ1) is 17.0. The van der Waals surface area contributed by atoms with Gasteiger partial charge >= 0.3 is 0 Å². The molecule has 0 amide bonds. The number of aromatic nitrogens is 1. The summed E-state index contributed by atoms with van der Waals surface area (Å²) < 4.78 is 6.18. The third-order valence-corrected chi connectivity index (χ3v) is 6.49. The van der Waals surface area contributed by atoms with Gasteiger partial charge in [0, 0.05) is 63.1 Å². The van der Waals surface area contributed by atoms with Crippen molar-refractivity contribution in [1.82, 2.24) is 14.8 Å². The summed E-state index contributed by atoms with van der Waals surface area (Å²) in [6, 6.07) is 13.0. The molecule has 0 bridgehead atoms. The molecule has 35 heavy (non-hydrogen) atoms. The minimum Gasteiger partial charge on any atom is -0.476 e. The number of benzene rings is 1. The standard InChI is InChI=1S/C28H44N6O/c1-6-12-34(13-7-2)26-19-27(31-29-21-25-11-9-10-23(4)18-25)30-28(20-26)35-17-16-32-14-15-33(8-3)24(5)22-32/h9-11,18-21,24H,6-8,12-17,22H2,1-5H3,(H,30,31)/b29-21+. The molecule has 1 saturated heterocycles. The summed E-state index contributed by atoms with van der Waals surface area (Å²) >= 11 is 0. The number of rotatable bonds is 13. The van der Waals surface area contributed by atoms with E-state index in [2.05, 4.69) is 84.1 Å². The second-order valence-electron chi connectivity index (χ2n) is 9.45. The maximum Gasteiger partial charge on any atom is 0.217 e. The fourth-order valence-corrected chi connectivity index (χ4v) is 4.66. The molecule has 192 valence electrons. The van der Waals surface area contributed by atoms with Crippen LogP contribution >= 0.6 is 0 Å². The van der Waals surface area contributed by atoms with Crippen LogP contribution in [0.2, 0.25) is 0 Å². The van der Waals surface area contributed by atoms with Gasteiger partial charge in [-0.15, -0.1) is 0 Å². The molecular weight excluding hydrogens is 436 g/mol. The van der Waals surface area contributed by atoms with Gasteiger partial charge < -0.3 is 9.64 Å². The molecular formula is C28H44N6O. The Bertz CT molecular complexity index is 927. The zero-order valence-electron chi connectivity index (χ0n) is 22.3. The number of aryl methyl sites for hydroxylation is 1. The number of ether oxygens (including phenoxy) is 1. The summed E-state index contributed by atoms with van der Waals surface area (Å²) in [7, 11) is 0. The van der Waals surface area contributed by atoms with Crippen LogP contribution in [0.4, 0.5) is 11.5 Å². The molecule has 2 heterocycles. The number of hydrogen-bond donors (Lipinski definition) is 1. The van der Waals surface area contributed by atoms with Gasteiger partial charge in [-0.3, -0.25) is 15.2 Å². The monoisotopic (exact) mass is 480 g/mol. The quantitative estimate of drug-likeness (QED) is 0.326. The average molecular weight is 481 g/mol. The van der Waals surface area contributed by atoms with Crippen LogP contribution < -0.4 is 15.1 Å². The first-order valence-corrected chi connectivity index (χ1v) is 13.2. The van der Waals surface area contributed by atoms with Gasteiger partial charge in [0.2, 0.25) is 5.88 Å². The van der Waals surface area contributed by atoms with Gasteiger partial charge in [-0.05, 0) is 38.8 Å². The molecule has 1 aromatic heterocycles. The van der Waals surface area contributed by atoms with Crippen LogP contribution in [-0.4, -0.2) is 79.5 Å². The zero-order valence-corrected chi connectivity index (χ0v) is 22.3. The lowest BCUT2D eigenvalue weighted by Gasteiger charge is -2.39. The molecule has 1 aromatic carbocycles. The van der Waals surface area contributed by atoms with Crippen LogP contribution in [0.25, 0.3) is 0 Å². The summed E-state index contributed by atoms with van der Waals surface area (Å²) in [5.74, 6) is 1.34. The Morgan fingerprint density at radius 1 is 1.14 bits per heavy atom. The van der Waals surface area contributed by atoms with Crippen LogP contribution in [0, 0.1) is 6.92 Å². The Morgan fingerprint density at radius 3 is 2.63 bits per heavy atom. The predicted molar refractivity (Wildman–Crippen MR) is 148 cm³/mol. The molecule has 1 fully saturated rings. The van der Waals surface area contributed by atoms with E-state index in [0.717, 1.165) is 69.9 Å². The highest BCUT2D eigenvalue weighted by Gasteiger charge is 2.22. The van der Waals surface area contributed by atoms with E-state index >= 15 is 0 Å². The Kier molecular flexibility index (Phi) is 10.8. The van der Waals surface area contributed by atoms with Crippen molar-refractivity contribution in [2.75, 3.05) is 62.7 Å². The van der Waals surface area contributed by atoms with Crippen molar-refractivity contribution in [2.24, 2.45) is 5.10 Å². The van der Waals surface area contributed by atoms with Gasteiger partial charge in [0.15, 0.2) is 5.82 Å². The lowest BCUT2D eigenvalue weighted by atomic mass is 10.2. The van der Waals surface area contributed by atoms with Gasteiger partial charge in [0.25, 0.3) is 0 Å². The van der Waals surface area contributed by atoms with Gasteiger partial charge in [0.05, 0.1) is 6.21 Å². The van der Waals surface area contributed by atoms with Crippen LogP contribution in [0.5, 0.6) is 5.88 Å². The van der Waals surface area contributed by atoms with E-state index in [1.165, 1.54) is 5.56 Å². The van der Waals surface area contributed by atoms with Crippen LogP contribution in [0.3, 0.4) is 0 Å². The second kappa shape index (κ2) is 14.0. The molecule has 0 saturated carbocycles. The maximum atomic E-state index is 6.18. The molecule has 7 nitrogen and oxygen atoms in total. The summed E-state index contributed by atoms with van der Waals surface area (Å²) in [5, 5.41) is 4.44. The molecule has 3 rings (SSSR count). The number of nitrogens with zero attached hydrogens (tertiary/aromatic N) is 5. The highest BCUT2D eigenvalue weighted by atomic mass is 16.5. The van der Waals surface area contributed by atoms with E-state index < -0.39 is 0 Å². The molecule has 1 aliphatic heterocycles. The number of anilines is 2. The first-order valence-electron chi connectivity index (χ1n) is 13.2. The smallest absolute Gasteiger partial charge is 0.217 e. The number of likely N-dealkylation sites (N-methyl/N-ethyl adjacent to an activating group) is 1. The summed E-state index contributed by atoms with van der Waals surface area (Å²) in [6.07, 6.45) is 4.01. The van der Waals surface area contributed by atoms with Crippen molar-refractivity contribution >= 4 is 17.7 Å². The Morgan fingerprint density at radius 2 is 1.94 bits per heavy atom. The third-order valence-electron chi connectivity index (χ3n) is 6.49. The van der Waals surface area contributed by atoms with Gasteiger partial charge in [-0.2, -0.15) is 10.1 Å². The topological polar surface area (TPSA) is 56.2 Å². The van der Waals surface area contributed by atoms with Crippen LogP contribution in [-0.2, 0) is 0 Å². The number of hydrogen-bond acceptors (Lipinski definition) is 7. The number of nitrogens with one attached hydrogen (secondary N) is 1. The van der Waals surface area contributed by atoms with E-state index in [9.17, 15) is 0 Å².